The Kier molecular flexibility index (Phi) is 3.19. The Balaban J connectivity index is 2.31. The van der Waals surface area contributed by atoms with Crippen LogP contribution in [0, 0.1) is 5.92 Å². The molecular weight excluding hydrogens is 220 g/mol. The topological polar surface area (TPSA) is 86.8 Å². The van der Waals surface area contributed by atoms with Gasteiger partial charge in [-0.1, -0.05) is 0 Å². The smallest absolute Gasteiger partial charge is 0.337 e. The number of nitrogens with zero attached hydrogens (tertiary/aromatic N) is 1. The van der Waals surface area contributed by atoms with Crippen LogP contribution in [0.25, 0.3) is 0 Å². The number of anilines is 2. The van der Waals surface area contributed by atoms with Crippen molar-refractivity contribution in [3.05, 3.63) is 23.8 Å². The number of carboxylic acids is 1. The van der Waals surface area contributed by atoms with Crippen molar-refractivity contribution in [1.82, 2.24) is 0 Å². The predicted molar refractivity (Wildman–Crippen MR) is 65.2 cm³/mol. The van der Waals surface area contributed by atoms with E-state index in [1.165, 1.54) is 6.07 Å². The van der Waals surface area contributed by atoms with E-state index in [9.17, 15) is 4.79 Å². The molecule has 0 saturated carbocycles. The molecule has 0 amide bonds. The van der Waals surface area contributed by atoms with Crippen LogP contribution in [0.1, 0.15) is 16.8 Å². The van der Waals surface area contributed by atoms with Gasteiger partial charge in [-0.3, -0.25) is 0 Å². The molecule has 1 atom stereocenters. The van der Waals surface area contributed by atoms with Crippen molar-refractivity contribution >= 4 is 17.3 Å². The number of carboxylic acid groups (broad SMARTS) is 1. The minimum Gasteiger partial charge on any atom is -0.478 e. The normalized spacial score (nSPS) is 19.6. The molecule has 5 nitrogen and oxygen atoms in total. The van der Waals surface area contributed by atoms with Crippen LogP contribution in [0.2, 0.25) is 0 Å². The lowest BCUT2D eigenvalue weighted by Crippen LogP contribution is -2.23. The van der Waals surface area contributed by atoms with Crippen molar-refractivity contribution in [2.45, 2.75) is 6.42 Å². The van der Waals surface area contributed by atoms with Crippen molar-refractivity contribution in [2.75, 3.05) is 30.3 Å². The van der Waals surface area contributed by atoms with Gasteiger partial charge >= 0.3 is 5.97 Å². The molecule has 1 unspecified atom stereocenters. The number of rotatable bonds is 3. The van der Waals surface area contributed by atoms with Gasteiger partial charge in [-0.15, -0.1) is 0 Å². The van der Waals surface area contributed by atoms with E-state index in [1.807, 2.05) is 4.90 Å². The number of aliphatic hydroxyl groups excluding tert-OH is 1. The Hall–Kier alpha value is -1.75. The van der Waals surface area contributed by atoms with Crippen LogP contribution < -0.4 is 10.6 Å². The molecule has 1 heterocycles. The lowest BCUT2D eigenvalue weighted by atomic mass is 10.1. The van der Waals surface area contributed by atoms with E-state index in [0.717, 1.165) is 13.0 Å². The molecule has 1 saturated heterocycles. The summed E-state index contributed by atoms with van der Waals surface area (Å²) in [5, 5.41) is 18.2. The maximum absolute atomic E-state index is 11.1. The molecule has 5 heteroatoms. The number of nitrogens with two attached hydrogens (primary N) is 1. The van der Waals surface area contributed by atoms with E-state index in [2.05, 4.69) is 0 Å². The number of hydrogen-bond acceptors (Lipinski definition) is 4. The van der Waals surface area contributed by atoms with Gasteiger partial charge in [0.05, 0.1) is 11.3 Å². The SMILES string of the molecule is Nc1ccc(C(=O)O)c(N2CCC(CO)C2)c1. The molecule has 0 aromatic heterocycles. The van der Waals surface area contributed by atoms with Crippen LogP contribution >= 0.6 is 0 Å². The van der Waals surface area contributed by atoms with Crippen LogP contribution in [-0.4, -0.2) is 35.9 Å². The zero-order chi connectivity index (χ0) is 12.4. The number of hydrogen-bond donors (Lipinski definition) is 3. The fourth-order valence-corrected chi connectivity index (χ4v) is 2.19. The summed E-state index contributed by atoms with van der Waals surface area (Å²) >= 11 is 0. The summed E-state index contributed by atoms with van der Waals surface area (Å²) in [5.41, 5.74) is 7.16. The van der Waals surface area contributed by atoms with Crippen LogP contribution in [0.3, 0.4) is 0 Å². The third-order valence-corrected chi connectivity index (χ3v) is 3.14. The molecule has 2 rings (SSSR count). The van der Waals surface area contributed by atoms with E-state index in [-0.39, 0.29) is 18.1 Å². The second-order valence-corrected chi connectivity index (χ2v) is 4.37. The third kappa shape index (κ3) is 2.34. The number of nitrogen functional groups attached to an aromatic ring is 1. The van der Waals surface area contributed by atoms with Gasteiger partial charge in [-0.05, 0) is 24.6 Å². The van der Waals surface area contributed by atoms with Crippen molar-refractivity contribution in [3.63, 3.8) is 0 Å². The Morgan fingerprint density at radius 2 is 2.29 bits per heavy atom. The van der Waals surface area contributed by atoms with Gasteiger partial charge < -0.3 is 20.8 Å². The largest absolute Gasteiger partial charge is 0.478 e. The zero-order valence-corrected chi connectivity index (χ0v) is 9.47. The number of aliphatic hydroxyl groups is 1. The van der Waals surface area contributed by atoms with Crippen LogP contribution in [0.15, 0.2) is 18.2 Å². The molecule has 0 spiro atoms. The summed E-state index contributed by atoms with van der Waals surface area (Å²) in [6, 6.07) is 4.80. The van der Waals surface area contributed by atoms with Crippen LogP contribution in [0.5, 0.6) is 0 Å². The number of aromatic carboxylic acids is 1. The lowest BCUT2D eigenvalue weighted by Gasteiger charge is -2.21. The van der Waals surface area contributed by atoms with E-state index < -0.39 is 5.97 Å². The van der Waals surface area contributed by atoms with Crippen molar-refractivity contribution in [1.29, 1.82) is 0 Å². The fraction of sp³-hybridized carbons (Fsp3) is 0.417. The first kappa shape index (κ1) is 11.7. The summed E-state index contributed by atoms with van der Waals surface area (Å²) in [6.07, 6.45) is 0.879. The predicted octanol–water partition coefficient (Wildman–Crippen LogP) is 0.786. The Morgan fingerprint density at radius 1 is 1.53 bits per heavy atom. The molecule has 0 bridgehead atoms. The second kappa shape index (κ2) is 4.63. The highest BCUT2D eigenvalue weighted by molar-refractivity contribution is 5.95. The summed E-state index contributed by atoms with van der Waals surface area (Å²) in [6.45, 7) is 1.58. The minimum atomic E-state index is -0.951. The molecule has 0 aliphatic carbocycles. The lowest BCUT2D eigenvalue weighted by molar-refractivity contribution is 0.0697. The van der Waals surface area contributed by atoms with Gasteiger partial charge in [-0.25, -0.2) is 4.79 Å². The highest BCUT2D eigenvalue weighted by Crippen LogP contribution is 2.28. The van der Waals surface area contributed by atoms with Gasteiger partial charge in [-0.2, -0.15) is 0 Å². The average molecular weight is 236 g/mol. The first-order chi connectivity index (χ1) is 8.11. The van der Waals surface area contributed by atoms with Crippen molar-refractivity contribution in [3.8, 4) is 0 Å². The molecule has 1 aromatic carbocycles. The van der Waals surface area contributed by atoms with Gasteiger partial charge in [0.25, 0.3) is 0 Å². The standard InChI is InChI=1S/C12H16N2O3/c13-9-1-2-10(12(16)17)11(5-9)14-4-3-8(6-14)7-15/h1-2,5,8,15H,3-4,6-7,13H2,(H,16,17). The average Bonchev–Trinajstić information content (AvgIpc) is 2.76. The Labute approximate surface area is 99.5 Å². The highest BCUT2D eigenvalue weighted by atomic mass is 16.4. The maximum atomic E-state index is 11.1. The number of carbonyl (C=O) groups is 1. The van der Waals surface area contributed by atoms with Crippen molar-refractivity contribution in [2.24, 2.45) is 5.92 Å². The van der Waals surface area contributed by atoms with Crippen molar-refractivity contribution < 1.29 is 15.0 Å². The van der Waals surface area contributed by atoms with Crippen LogP contribution in [-0.2, 0) is 0 Å². The molecule has 4 N–H and O–H groups in total. The zero-order valence-electron chi connectivity index (χ0n) is 9.47. The fourth-order valence-electron chi connectivity index (χ4n) is 2.19. The summed E-state index contributed by atoms with van der Waals surface area (Å²) in [4.78, 5) is 13.1. The summed E-state index contributed by atoms with van der Waals surface area (Å²) in [7, 11) is 0. The molecule has 1 aromatic rings. The van der Waals surface area contributed by atoms with Gasteiger partial charge in [0.1, 0.15) is 0 Å². The third-order valence-electron chi connectivity index (χ3n) is 3.14. The highest BCUT2D eigenvalue weighted by Gasteiger charge is 2.25. The monoisotopic (exact) mass is 236 g/mol. The van der Waals surface area contributed by atoms with Gasteiger partial charge in [0.2, 0.25) is 0 Å². The van der Waals surface area contributed by atoms with E-state index in [0.29, 0.717) is 17.9 Å². The summed E-state index contributed by atoms with van der Waals surface area (Å²) in [5.74, 6) is -0.731. The molecule has 17 heavy (non-hydrogen) atoms. The molecule has 1 fully saturated rings. The van der Waals surface area contributed by atoms with Gasteiger partial charge in [0, 0.05) is 31.3 Å². The Morgan fingerprint density at radius 3 is 2.88 bits per heavy atom. The quantitative estimate of drug-likeness (QED) is 0.675. The first-order valence-corrected chi connectivity index (χ1v) is 5.60. The Bertz CT molecular complexity index is 434. The van der Waals surface area contributed by atoms with Gasteiger partial charge in [0.15, 0.2) is 0 Å². The molecule has 0 radical (unpaired) electrons. The second-order valence-electron chi connectivity index (χ2n) is 4.37. The molecule has 1 aliphatic rings. The maximum Gasteiger partial charge on any atom is 0.337 e. The summed E-state index contributed by atoms with van der Waals surface area (Å²) < 4.78 is 0. The van der Waals surface area contributed by atoms with E-state index in [4.69, 9.17) is 15.9 Å². The molecular formula is C12H16N2O3. The van der Waals surface area contributed by atoms with E-state index >= 15 is 0 Å². The molecule has 1 aliphatic heterocycles. The first-order valence-electron chi connectivity index (χ1n) is 5.60. The molecule has 92 valence electrons. The number of benzene rings is 1. The van der Waals surface area contributed by atoms with E-state index in [1.54, 1.807) is 12.1 Å². The van der Waals surface area contributed by atoms with Crippen LogP contribution in [0.4, 0.5) is 11.4 Å². The minimum absolute atomic E-state index is 0.140.